The lowest BCUT2D eigenvalue weighted by atomic mass is 10.1. The van der Waals surface area contributed by atoms with E-state index in [0.717, 1.165) is 12.1 Å². The third-order valence-corrected chi connectivity index (χ3v) is 6.55. The Labute approximate surface area is 195 Å². The van der Waals surface area contributed by atoms with Gasteiger partial charge in [0.1, 0.15) is 0 Å². The summed E-state index contributed by atoms with van der Waals surface area (Å²) in [6, 6.07) is 4.64. The van der Waals surface area contributed by atoms with Crippen LogP contribution in [-0.2, 0) is 15.8 Å². The monoisotopic (exact) mass is 479 g/mol. The summed E-state index contributed by atoms with van der Waals surface area (Å²) in [6.07, 6.45) is -4.19. The number of benzene rings is 1. The van der Waals surface area contributed by atoms with Gasteiger partial charge in [-0.1, -0.05) is 17.3 Å². The third kappa shape index (κ3) is 4.94. The van der Waals surface area contributed by atoms with Crippen LogP contribution in [0.2, 0.25) is 0 Å². The fraction of sp³-hybridized carbons (Fsp3) is 0.565. The van der Waals surface area contributed by atoms with Gasteiger partial charge in [-0.05, 0) is 32.9 Å². The van der Waals surface area contributed by atoms with Gasteiger partial charge < -0.3 is 14.3 Å². The summed E-state index contributed by atoms with van der Waals surface area (Å²) in [4.78, 5) is 35.0. The molecule has 2 fully saturated rings. The van der Waals surface area contributed by atoms with Crippen LogP contribution in [0.1, 0.15) is 44.7 Å². The molecule has 2 amide bonds. The quantitative estimate of drug-likeness (QED) is 0.655. The molecule has 2 saturated heterocycles. The normalized spacial score (nSPS) is 20.9. The van der Waals surface area contributed by atoms with Crippen LogP contribution >= 0.6 is 0 Å². The Morgan fingerprint density at radius 3 is 2.47 bits per heavy atom. The first-order valence-electron chi connectivity index (χ1n) is 11.4. The number of piperazine rings is 1. The van der Waals surface area contributed by atoms with Crippen LogP contribution in [0.3, 0.4) is 0 Å². The van der Waals surface area contributed by atoms with Gasteiger partial charge in [-0.15, -0.1) is 0 Å². The standard InChI is InChI=1S/C23H28F3N5O3/c1-14(2)31-13-17(12-19(31)32)22(33)30-9-7-29(8-10-30)15(3)21-27-20(28-34-21)16-5-4-6-18(11-16)23(24,25)26/h4-6,11,14-15,17H,7-10,12-13H2,1-3H3. The van der Waals surface area contributed by atoms with Crippen molar-refractivity contribution in [2.75, 3.05) is 32.7 Å². The van der Waals surface area contributed by atoms with Crippen molar-refractivity contribution >= 4 is 11.8 Å². The SMILES string of the molecule is CC(c1nc(-c2cccc(C(F)(F)F)c2)no1)N1CCN(C(=O)C2CC(=O)N(C(C)C)C2)CC1. The van der Waals surface area contributed by atoms with E-state index in [2.05, 4.69) is 15.0 Å². The van der Waals surface area contributed by atoms with E-state index in [9.17, 15) is 22.8 Å². The molecular weight excluding hydrogens is 451 g/mol. The van der Waals surface area contributed by atoms with Gasteiger partial charge in [0.25, 0.3) is 0 Å². The fourth-order valence-corrected chi connectivity index (χ4v) is 4.50. The molecule has 3 heterocycles. The Hall–Kier alpha value is -2.95. The molecule has 0 spiro atoms. The van der Waals surface area contributed by atoms with Crippen molar-refractivity contribution in [3.8, 4) is 11.4 Å². The number of likely N-dealkylation sites (tertiary alicyclic amines) is 1. The summed E-state index contributed by atoms with van der Waals surface area (Å²) in [7, 11) is 0. The molecule has 0 aliphatic carbocycles. The maximum Gasteiger partial charge on any atom is 0.416 e. The topological polar surface area (TPSA) is 82.8 Å². The number of amides is 2. The number of aromatic nitrogens is 2. The van der Waals surface area contributed by atoms with Crippen molar-refractivity contribution in [1.29, 1.82) is 0 Å². The highest BCUT2D eigenvalue weighted by Crippen LogP contribution is 2.32. The second kappa shape index (κ2) is 9.36. The van der Waals surface area contributed by atoms with Gasteiger partial charge in [0.05, 0.1) is 17.5 Å². The fourth-order valence-electron chi connectivity index (χ4n) is 4.50. The number of hydrogen-bond acceptors (Lipinski definition) is 6. The highest BCUT2D eigenvalue weighted by Gasteiger charge is 2.38. The van der Waals surface area contributed by atoms with Crippen molar-refractivity contribution < 1.29 is 27.3 Å². The van der Waals surface area contributed by atoms with Gasteiger partial charge in [-0.2, -0.15) is 18.2 Å². The lowest BCUT2D eigenvalue weighted by molar-refractivity contribution is -0.138. The molecule has 11 heteroatoms. The van der Waals surface area contributed by atoms with Crippen LogP contribution in [0.25, 0.3) is 11.4 Å². The lowest BCUT2D eigenvalue weighted by Crippen LogP contribution is -2.51. The molecule has 2 aliphatic rings. The molecule has 0 radical (unpaired) electrons. The highest BCUT2D eigenvalue weighted by atomic mass is 19.4. The lowest BCUT2D eigenvalue weighted by Gasteiger charge is -2.37. The number of nitrogens with zero attached hydrogens (tertiary/aromatic N) is 5. The van der Waals surface area contributed by atoms with Crippen molar-refractivity contribution in [3.05, 3.63) is 35.7 Å². The second-order valence-electron chi connectivity index (χ2n) is 9.11. The number of hydrogen-bond donors (Lipinski definition) is 0. The number of rotatable bonds is 5. The minimum atomic E-state index is -4.45. The Morgan fingerprint density at radius 2 is 1.85 bits per heavy atom. The smallest absolute Gasteiger partial charge is 0.340 e. The predicted molar refractivity (Wildman–Crippen MR) is 116 cm³/mol. The van der Waals surface area contributed by atoms with Crippen LogP contribution in [0.5, 0.6) is 0 Å². The molecule has 2 atom stereocenters. The molecule has 1 aromatic heterocycles. The Kier molecular flexibility index (Phi) is 6.66. The number of halogens is 3. The largest absolute Gasteiger partial charge is 0.416 e. The van der Waals surface area contributed by atoms with Gasteiger partial charge in [-0.3, -0.25) is 14.5 Å². The molecule has 2 aromatic rings. The summed E-state index contributed by atoms with van der Waals surface area (Å²) in [5.41, 5.74) is -0.542. The zero-order valence-electron chi connectivity index (χ0n) is 19.4. The maximum absolute atomic E-state index is 13.0. The van der Waals surface area contributed by atoms with E-state index in [1.165, 1.54) is 12.1 Å². The molecule has 34 heavy (non-hydrogen) atoms. The number of carbonyl (C=O) groups excluding carboxylic acids is 2. The zero-order valence-corrected chi connectivity index (χ0v) is 19.4. The average molecular weight is 480 g/mol. The molecule has 2 aliphatic heterocycles. The summed E-state index contributed by atoms with van der Waals surface area (Å²) < 4.78 is 44.4. The van der Waals surface area contributed by atoms with Crippen molar-refractivity contribution in [2.24, 2.45) is 5.92 Å². The van der Waals surface area contributed by atoms with Crippen LogP contribution in [0, 0.1) is 5.92 Å². The number of alkyl halides is 3. The van der Waals surface area contributed by atoms with Crippen molar-refractivity contribution in [2.45, 2.75) is 45.5 Å². The number of carbonyl (C=O) groups is 2. The molecule has 2 unspecified atom stereocenters. The van der Waals surface area contributed by atoms with E-state index < -0.39 is 11.7 Å². The maximum atomic E-state index is 13.0. The predicted octanol–water partition coefficient (Wildman–Crippen LogP) is 3.22. The first kappa shape index (κ1) is 24.2. The van der Waals surface area contributed by atoms with E-state index in [4.69, 9.17) is 4.52 Å². The molecule has 0 bridgehead atoms. The van der Waals surface area contributed by atoms with E-state index in [1.807, 2.05) is 20.8 Å². The summed E-state index contributed by atoms with van der Waals surface area (Å²) in [6.45, 7) is 8.45. The van der Waals surface area contributed by atoms with E-state index in [0.29, 0.717) is 38.6 Å². The second-order valence-corrected chi connectivity index (χ2v) is 9.11. The van der Waals surface area contributed by atoms with E-state index >= 15 is 0 Å². The summed E-state index contributed by atoms with van der Waals surface area (Å²) in [5, 5.41) is 3.87. The first-order chi connectivity index (χ1) is 16.0. The third-order valence-electron chi connectivity index (χ3n) is 6.55. The van der Waals surface area contributed by atoms with Gasteiger partial charge >= 0.3 is 6.18 Å². The van der Waals surface area contributed by atoms with E-state index in [-0.39, 0.29) is 47.6 Å². The molecule has 184 valence electrons. The van der Waals surface area contributed by atoms with Gasteiger partial charge in [-0.25, -0.2) is 0 Å². The van der Waals surface area contributed by atoms with Crippen LogP contribution in [0.15, 0.2) is 28.8 Å². The summed E-state index contributed by atoms with van der Waals surface area (Å²) >= 11 is 0. The zero-order chi connectivity index (χ0) is 24.6. The molecule has 8 nitrogen and oxygen atoms in total. The van der Waals surface area contributed by atoms with Crippen LogP contribution in [-0.4, -0.2) is 75.4 Å². The molecule has 1 aromatic carbocycles. The minimum Gasteiger partial charge on any atom is -0.340 e. The van der Waals surface area contributed by atoms with Gasteiger partial charge in [0.15, 0.2) is 0 Å². The van der Waals surface area contributed by atoms with Crippen LogP contribution < -0.4 is 0 Å². The summed E-state index contributed by atoms with van der Waals surface area (Å²) in [5.74, 6) is 0.135. The van der Waals surface area contributed by atoms with Gasteiger partial charge in [0, 0.05) is 50.7 Å². The molecule has 4 rings (SSSR count). The van der Waals surface area contributed by atoms with Crippen molar-refractivity contribution in [1.82, 2.24) is 24.8 Å². The molecule has 0 N–H and O–H groups in total. The molecule has 0 saturated carbocycles. The Balaban J connectivity index is 1.36. The van der Waals surface area contributed by atoms with Crippen LogP contribution in [0.4, 0.5) is 13.2 Å². The first-order valence-corrected chi connectivity index (χ1v) is 11.4. The molecular formula is C23H28F3N5O3. The van der Waals surface area contributed by atoms with Crippen molar-refractivity contribution in [3.63, 3.8) is 0 Å². The Morgan fingerprint density at radius 1 is 1.15 bits per heavy atom. The average Bonchev–Trinajstić information content (AvgIpc) is 3.45. The Bertz CT molecular complexity index is 1050. The van der Waals surface area contributed by atoms with E-state index in [1.54, 1.807) is 9.80 Å². The van der Waals surface area contributed by atoms with Gasteiger partial charge in [0.2, 0.25) is 23.5 Å². The highest BCUT2D eigenvalue weighted by molar-refractivity contribution is 5.89. The minimum absolute atomic E-state index is 0.00780.